The van der Waals surface area contributed by atoms with E-state index in [-0.39, 0.29) is 0 Å². The van der Waals surface area contributed by atoms with E-state index in [9.17, 15) is 0 Å². The van der Waals surface area contributed by atoms with E-state index in [0.29, 0.717) is 0 Å². The Morgan fingerprint density at radius 1 is 1.00 bits per heavy atom. The molecular weight excluding hydrogens is 350 g/mol. The number of nitrogens with one attached hydrogen (secondary N) is 1. The summed E-state index contributed by atoms with van der Waals surface area (Å²) in [5, 5.41) is 3.55. The molecular formula is C23H23N3S. The fourth-order valence-corrected chi connectivity index (χ4v) is 4.40. The molecule has 1 aliphatic heterocycles. The fraction of sp³-hybridized carbons (Fsp3) is 0.174. The highest BCUT2D eigenvalue weighted by Gasteiger charge is 2.17. The summed E-state index contributed by atoms with van der Waals surface area (Å²) < 4.78 is 0. The predicted molar refractivity (Wildman–Crippen MR) is 117 cm³/mol. The van der Waals surface area contributed by atoms with Crippen LogP contribution in [0.15, 0.2) is 75.4 Å². The van der Waals surface area contributed by atoms with Crippen molar-refractivity contribution in [3.05, 3.63) is 77.4 Å². The number of hydrogen-bond donors (Lipinski definition) is 1. The third-order valence-corrected chi connectivity index (χ3v) is 5.80. The molecule has 0 atom stereocenters. The van der Waals surface area contributed by atoms with Gasteiger partial charge in [0.05, 0.1) is 11.4 Å². The summed E-state index contributed by atoms with van der Waals surface area (Å²) in [6, 6.07) is 21.7. The average Bonchev–Trinajstić information content (AvgIpc) is 2.66. The molecule has 0 saturated heterocycles. The van der Waals surface area contributed by atoms with Crippen LogP contribution in [-0.2, 0) is 6.54 Å². The lowest BCUT2D eigenvalue weighted by atomic mass is 10.1. The van der Waals surface area contributed by atoms with E-state index in [0.717, 1.165) is 23.5 Å². The van der Waals surface area contributed by atoms with Crippen LogP contribution in [0, 0.1) is 6.92 Å². The van der Waals surface area contributed by atoms with Crippen molar-refractivity contribution < 1.29 is 0 Å². The van der Waals surface area contributed by atoms with Crippen LogP contribution in [-0.4, -0.2) is 20.3 Å². The summed E-state index contributed by atoms with van der Waals surface area (Å²) in [6.07, 6.45) is 1.89. The Hall–Kier alpha value is -2.72. The van der Waals surface area contributed by atoms with E-state index < -0.39 is 0 Å². The molecule has 4 rings (SSSR count). The van der Waals surface area contributed by atoms with Crippen molar-refractivity contribution in [2.45, 2.75) is 23.3 Å². The van der Waals surface area contributed by atoms with E-state index in [2.05, 4.69) is 89.8 Å². The molecule has 0 spiro atoms. The molecule has 0 radical (unpaired) electrons. The van der Waals surface area contributed by atoms with Crippen LogP contribution >= 0.6 is 11.8 Å². The molecule has 0 bridgehead atoms. The first-order chi connectivity index (χ1) is 13.1. The van der Waals surface area contributed by atoms with Gasteiger partial charge in [-0.15, -0.1) is 0 Å². The maximum Gasteiger partial charge on any atom is 0.0527 e. The van der Waals surface area contributed by atoms with Crippen molar-refractivity contribution in [3.63, 3.8) is 0 Å². The zero-order chi connectivity index (χ0) is 18.8. The molecule has 4 heteroatoms. The largest absolute Gasteiger partial charge is 0.370 e. The Bertz CT molecular complexity index is 1010. The fourth-order valence-electron chi connectivity index (χ4n) is 3.33. The number of hydrogen-bond acceptors (Lipinski definition) is 4. The third-order valence-electron chi connectivity index (χ3n) is 4.68. The molecule has 0 aliphatic carbocycles. The van der Waals surface area contributed by atoms with Gasteiger partial charge in [0.2, 0.25) is 0 Å². The maximum atomic E-state index is 4.12. The summed E-state index contributed by atoms with van der Waals surface area (Å²) in [7, 11) is 3.95. The van der Waals surface area contributed by atoms with Crippen molar-refractivity contribution in [1.29, 1.82) is 0 Å². The Morgan fingerprint density at radius 3 is 2.56 bits per heavy atom. The minimum atomic E-state index is 0.895. The van der Waals surface area contributed by atoms with Gasteiger partial charge in [0.1, 0.15) is 0 Å². The molecule has 0 saturated carbocycles. The smallest absolute Gasteiger partial charge is 0.0527 e. The SMILES string of the molecule is CN=Cc1ccc2c(c1)Sc1cc(N(C)Cc3cccc(C)c3)ccc1N2. The number of rotatable bonds is 4. The topological polar surface area (TPSA) is 27.6 Å². The minimum Gasteiger partial charge on any atom is -0.370 e. The average molecular weight is 374 g/mol. The van der Waals surface area contributed by atoms with Crippen LogP contribution in [0.25, 0.3) is 0 Å². The van der Waals surface area contributed by atoms with Gasteiger partial charge in [0.25, 0.3) is 0 Å². The second-order valence-corrected chi connectivity index (χ2v) is 7.98. The number of aliphatic imine (C=N–C) groups is 1. The van der Waals surface area contributed by atoms with Crippen molar-refractivity contribution in [1.82, 2.24) is 0 Å². The maximum absolute atomic E-state index is 4.12. The monoisotopic (exact) mass is 373 g/mol. The molecule has 27 heavy (non-hydrogen) atoms. The Balaban J connectivity index is 1.57. The van der Waals surface area contributed by atoms with Gasteiger partial charge in [-0.2, -0.15) is 0 Å². The van der Waals surface area contributed by atoms with Crippen molar-refractivity contribution in [2.75, 3.05) is 24.3 Å². The standard InChI is InChI=1S/C23H23N3S/c1-16-5-4-6-18(11-16)15-26(3)19-8-10-21-23(13-19)27-22-12-17(14-24-2)7-9-20(22)25-21/h4-14,25H,15H2,1-3H3. The van der Waals surface area contributed by atoms with Crippen LogP contribution in [0.2, 0.25) is 0 Å². The number of fused-ring (bicyclic) bond motifs is 2. The molecule has 0 fully saturated rings. The van der Waals surface area contributed by atoms with Gasteiger partial charge >= 0.3 is 0 Å². The highest BCUT2D eigenvalue weighted by atomic mass is 32.2. The van der Waals surface area contributed by atoms with E-state index >= 15 is 0 Å². The Labute approximate surface area is 165 Å². The molecule has 3 nitrogen and oxygen atoms in total. The van der Waals surface area contributed by atoms with Crippen LogP contribution in [0.3, 0.4) is 0 Å². The predicted octanol–water partition coefficient (Wildman–Crippen LogP) is 5.89. The van der Waals surface area contributed by atoms with Gasteiger partial charge in [-0.25, -0.2) is 0 Å². The second-order valence-electron chi connectivity index (χ2n) is 6.90. The van der Waals surface area contributed by atoms with Crippen molar-refractivity contribution >= 4 is 35.0 Å². The summed E-state index contributed by atoms with van der Waals surface area (Å²) in [4.78, 5) is 8.90. The van der Waals surface area contributed by atoms with Gasteiger partial charge in [-0.1, -0.05) is 47.7 Å². The van der Waals surface area contributed by atoms with Crippen LogP contribution in [0.1, 0.15) is 16.7 Å². The Morgan fingerprint density at radius 2 is 1.78 bits per heavy atom. The van der Waals surface area contributed by atoms with Crippen LogP contribution in [0.5, 0.6) is 0 Å². The molecule has 0 amide bonds. The molecule has 3 aromatic rings. The van der Waals surface area contributed by atoms with E-state index in [4.69, 9.17) is 0 Å². The molecule has 0 unspecified atom stereocenters. The van der Waals surface area contributed by atoms with Gasteiger partial charge in [-0.3, -0.25) is 4.99 Å². The molecule has 1 aliphatic rings. The molecule has 0 aromatic heterocycles. The minimum absolute atomic E-state index is 0.895. The van der Waals surface area contributed by atoms with E-state index in [1.54, 1.807) is 7.05 Å². The lowest BCUT2D eigenvalue weighted by Gasteiger charge is -2.25. The Kier molecular flexibility index (Phi) is 4.90. The molecule has 136 valence electrons. The summed E-state index contributed by atoms with van der Waals surface area (Å²) in [6.45, 7) is 3.03. The zero-order valence-corrected chi connectivity index (χ0v) is 16.7. The number of benzene rings is 3. The number of anilines is 3. The molecule has 3 aromatic carbocycles. The number of aryl methyl sites for hydroxylation is 1. The quantitative estimate of drug-likeness (QED) is 0.452. The van der Waals surface area contributed by atoms with Crippen LogP contribution < -0.4 is 10.2 Å². The summed E-state index contributed by atoms with van der Waals surface area (Å²) in [5.41, 5.74) is 7.30. The first-order valence-electron chi connectivity index (χ1n) is 9.04. The van der Waals surface area contributed by atoms with Gasteiger partial charge in [-0.05, 0) is 48.4 Å². The van der Waals surface area contributed by atoms with Gasteiger partial charge in [0.15, 0.2) is 0 Å². The lowest BCUT2D eigenvalue weighted by Crippen LogP contribution is -2.16. The highest BCUT2D eigenvalue weighted by molar-refractivity contribution is 7.99. The first-order valence-corrected chi connectivity index (χ1v) is 9.86. The third kappa shape index (κ3) is 3.86. The second kappa shape index (κ2) is 7.49. The van der Waals surface area contributed by atoms with Crippen molar-refractivity contribution in [3.8, 4) is 0 Å². The molecule has 1 heterocycles. The van der Waals surface area contributed by atoms with E-state index in [1.807, 2.05) is 18.0 Å². The molecule has 1 N–H and O–H groups in total. The highest BCUT2D eigenvalue weighted by Crippen LogP contribution is 2.45. The lowest BCUT2D eigenvalue weighted by molar-refractivity contribution is 0.919. The van der Waals surface area contributed by atoms with E-state index in [1.165, 1.54) is 26.6 Å². The first kappa shape index (κ1) is 17.7. The van der Waals surface area contributed by atoms with Gasteiger partial charge < -0.3 is 10.2 Å². The van der Waals surface area contributed by atoms with Crippen molar-refractivity contribution in [2.24, 2.45) is 4.99 Å². The summed E-state index contributed by atoms with van der Waals surface area (Å²) in [5.74, 6) is 0. The normalized spacial score (nSPS) is 12.4. The summed E-state index contributed by atoms with van der Waals surface area (Å²) >= 11 is 1.81. The van der Waals surface area contributed by atoms with Gasteiger partial charge in [0, 0.05) is 42.3 Å². The van der Waals surface area contributed by atoms with Crippen LogP contribution in [0.4, 0.5) is 17.1 Å². The zero-order valence-electron chi connectivity index (χ0n) is 15.9. The number of nitrogens with zero attached hydrogens (tertiary/aromatic N) is 2.